The summed E-state index contributed by atoms with van der Waals surface area (Å²) in [6.07, 6.45) is 0. The molecule has 8 N–H and O–H groups in total. The average molecular weight is 460 g/mol. The fourth-order valence-electron chi connectivity index (χ4n) is 3.27. The molecule has 14 heteroatoms. The van der Waals surface area contributed by atoms with Crippen molar-refractivity contribution in [2.45, 2.75) is 22.8 Å². The number of carboxylic acid groups (broad SMARTS) is 2. The maximum Gasteiger partial charge on any atom is 0.352 e. The van der Waals surface area contributed by atoms with E-state index in [-0.39, 0.29) is 34.0 Å². The second kappa shape index (κ2) is 8.85. The van der Waals surface area contributed by atoms with E-state index in [0.29, 0.717) is 0 Å². The van der Waals surface area contributed by atoms with Crippen LogP contribution in [0.2, 0.25) is 0 Å². The Morgan fingerprint density at radius 3 is 2.33 bits per heavy atom. The summed E-state index contributed by atoms with van der Waals surface area (Å²) >= 11 is 2.36. The number of aliphatic hydroxyl groups excluding tert-OH is 2. The Hall–Kier alpha value is -2.26. The van der Waals surface area contributed by atoms with Gasteiger partial charge in [0.05, 0.1) is 18.6 Å². The fourth-order valence-corrected chi connectivity index (χ4v) is 5.76. The van der Waals surface area contributed by atoms with Crippen molar-refractivity contribution >= 4 is 47.3 Å². The van der Waals surface area contributed by atoms with Crippen molar-refractivity contribution in [1.29, 1.82) is 0 Å². The van der Waals surface area contributed by atoms with Crippen molar-refractivity contribution in [3.8, 4) is 0 Å². The zero-order chi connectivity index (χ0) is 22.2. The van der Waals surface area contributed by atoms with E-state index < -0.39 is 59.8 Å². The Morgan fingerprint density at radius 1 is 1.13 bits per heavy atom. The second-order valence-corrected chi connectivity index (χ2v) is 8.89. The molecule has 0 unspecified atom stereocenters. The summed E-state index contributed by atoms with van der Waals surface area (Å²) in [6.45, 7) is -0.941. The van der Waals surface area contributed by atoms with Crippen LogP contribution in [0.4, 0.5) is 0 Å². The molecule has 1 fully saturated rings. The van der Waals surface area contributed by atoms with Crippen LogP contribution in [-0.4, -0.2) is 96.6 Å². The number of fused-ring (bicyclic) bond motifs is 1. The number of nitrogens with two attached hydrogens (primary N) is 1. The minimum atomic E-state index is -1.34. The van der Waals surface area contributed by atoms with Crippen molar-refractivity contribution < 1.29 is 39.6 Å². The SMILES string of the molecule is N[C@H](C(=O)N[C@@H]1C(=O)N2C(C(=O)O)=C(CO)CS[C@H]12)[C@@H]1NC(C(=O)O)=C(CO)CS1. The number of nitrogens with one attached hydrogen (secondary N) is 2. The van der Waals surface area contributed by atoms with Gasteiger partial charge in [0.15, 0.2) is 0 Å². The first-order valence-corrected chi connectivity index (χ1v) is 10.8. The van der Waals surface area contributed by atoms with Gasteiger partial charge in [-0.05, 0) is 11.1 Å². The number of nitrogens with zero attached hydrogens (tertiary/aromatic N) is 1. The fraction of sp³-hybridized carbons (Fsp3) is 0.500. The number of hydrogen-bond acceptors (Lipinski definition) is 10. The third-order valence-corrected chi connectivity index (χ3v) is 7.47. The molecule has 0 saturated carbocycles. The Morgan fingerprint density at radius 2 is 1.77 bits per heavy atom. The Kier molecular flexibility index (Phi) is 6.62. The van der Waals surface area contributed by atoms with Gasteiger partial charge >= 0.3 is 11.9 Å². The van der Waals surface area contributed by atoms with Crippen molar-refractivity contribution in [3.63, 3.8) is 0 Å². The highest BCUT2D eigenvalue weighted by Crippen LogP contribution is 2.40. The van der Waals surface area contributed by atoms with E-state index in [4.69, 9.17) is 5.73 Å². The first kappa shape index (κ1) is 22.4. The van der Waals surface area contributed by atoms with E-state index >= 15 is 0 Å². The average Bonchev–Trinajstić information content (AvgIpc) is 2.74. The smallest absolute Gasteiger partial charge is 0.352 e. The van der Waals surface area contributed by atoms with Gasteiger partial charge in [-0.15, -0.1) is 23.5 Å². The minimum Gasteiger partial charge on any atom is -0.477 e. The summed E-state index contributed by atoms with van der Waals surface area (Å²) in [5.41, 5.74) is 5.95. The molecule has 3 heterocycles. The van der Waals surface area contributed by atoms with Crippen LogP contribution in [0.5, 0.6) is 0 Å². The number of hydrogen-bond donors (Lipinski definition) is 7. The van der Waals surface area contributed by atoms with Crippen molar-refractivity contribution in [2.75, 3.05) is 24.7 Å². The monoisotopic (exact) mass is 460 g/mol. The number of aliphatic carboxylic acids is 2. The largest absolute Gasteiger partial charge is 0.477 e. The Bertz CT molecular complexity index is 860. The standard InChI is InChI=1S/C16H20N4O8S2/c17-7(12-19-8(15(25)26)5(1-21)3-29-12)11(23)18-9-13(24)20-10(16(27)28)6(2-22)4-30-14(9)20/h7,9,12,14,19,21-22H,1-4,17H2,(H,18,23)(H,25,26)(H,27,28)/t7-,9-,12-,14-/m1/s1. The van der Waals surface area contributed by atoms with Crippen LogP contribution in [0.15, 0.2) is 22.5 Å². The van der Waals surface area contributed by atoms with Crippen molar-refractivity contribution in [2.24, 2.45) is 5.73 Å². The lowest BCUT2D eigenvalue weighted by Crippen LogP contribution is -2.72. The highest BCUT2D eigenvalue weighted by molar-refractivity contribution is 8.00. The molecule has 0 aromatic carbocycles. The number of carboxylic acids is 2. The number of carbonyl (C=O) groups excluding carboxylic acids is 2. The van der Waals surface area contributed by atoms with Gasteiger partial charge in [0, 0.05) is 11.5 Å². The first-order chi connectivity index (χ1) is 14.2. The number of amides is 2. The van der Waals surface area contributed by atoms with Crippen molar-refractivity contribution in [1.82, 2.24) is 15.5 Å². The first-order valence-electron chi connectivity index (χ1n) is 8.72. The van der Waals surface area contributed by atoms with Crippen LogP contribution in [-0.2, 0) is 19.2 Å². The maximum atomic E-state index is 12.6. The molecule has 0 radical (unpaired) electrons. The van der Waals surface area contributed by atoms with Gasteiger partial charge in [-0.25, -0.2) is 9.59 Å². The lowest BCUT2D eigenvalue weighted by molar-refractivity contribution is -0.151. The van der Waals surface area contributed by atoms with Crippen LogP contribution < -0.4 is 16.4 Å². The van der Waals surface area contributed by atoms with Crippen LogP contribution >= 0.6 is 23.5 Å². The highest BCUT2D eigenvalue weighted by Gasteiger charge is 2.54. The lowest BCUT2D eigenvalue weighted by atomic mass is 10.0. The van der Waals surface area contributed by atoms with Crippen molar-refractivity contribution in [3.05, 3.63) is 22.5 Å². The van der Waals surface area contributed by atoms with Gasteiger partial charge < -0.3 is 36.8 Å². The van der Waals surface area contributed by atoms with E-state index in [0.717, 1.165) is 16.7 Å². The van der Waals surface area contributed by atoms with Crippen LogP contribution in [0.25, 0.3) is 0 Å². The molecule has 0 aromatic heterocycles. The van der Waals surface area contributed by atoms with Gasteiger partial charge in [0.1, 0.15) is 28.9 Å². The molecule has 0 aromatic rings. The minimum absolute atomic E-state index is 0.169. The molecule has 0 spiro atoms. The molecule has 3 aliphatic heterocycles. The zero-order valence-electron chi connectivity index (χ0n) is 15.4. The predicted octanol–water partition coefficient (Wildman–Crippen LogP) is -2.96. The van der Waals surface area contributed by atoms with E-state index in [1.165, 1.54) is 11.8 Å². The van der Waals surface area contributed by atoms with Gasteiger partial charge in [-0.1, -0.05) is 0 Å². The number of rotatable bonds is 7. The number of thioether (sulfide) groups is 2. The second-order valence-electron chi connectivity index (χ2n) is 6.66. The number of β-lactam (4-membered cyclic amide) rings is 1. The van der Waals surface area contributed by atoms with Gasteiger partial charge in [0.2, 0.25) is 5.91 Å². The third kappa shape index (κ3) is 3.88. The van der Waals surface area contributed by atoms with E-state index in [1.807, 2.05) is 0 Å². The van der Waals surface area contributed by atoms with Gasteiger partial charge in [-0.2, -0.15) is 0 Å². The molecule has 1 saturated heterocycles. The normalized spacial score (nSPS) is 27.1. The van der Waals surface area contributed by atoms with Crippen LogP contribution in [0.3, 0.4) is 0 Å². The quantitative estimate of drug-likeness (QED) is 0.190. The maximum absolute atomic E-state index is 12.6. The Balaban J connectivity index is 1.67. The summed E-state index contributed by atoms with van der Waals surface area (Å²) in [6, 6.07) is -2.19. The summed E-state index contributed by atoms with van der Waals surface area (Å²) < 4.78 is 0. The van der Waals surface area contributed by atoms with Gasteiger partial charge in [-0.3, -0.25) is 14.5 Å². The van der Waals surface area contributed by atoms with E-state index in [2.05, 4.69) is 10.6 Å². The molecule has 3 rings (SSSR count). The predicted molar refractivity (Wildman–Crippen MR) is 106 cm³/mol. The Labute approximate surface area is 178 Å². The van der Waals surface area contributed by atoms with E-state index in [1.54, 1.807) is 0 Å². The summed E-state index contributed by atoms with van der Waals surface area (Å²) in [5.74, 6) is -3.59. The summed E-state index contributed by atoms with van der Waals surface area (Å²) in [7, 11) is 0. The topological polar surface area (TPSA) is 203 Å². The molecular formula is C16H20N4O8S2. The number of aliphatic hydroxyl groups is 2. The molecule has 30 heavy (non-hydrogen) atoms. The molecule has 4 atom stereocenters. The molecule has 0 bridgehead atoms. The number of carbonyl (C=O) groups is 4. The molecule has 2 amide bonds. The summed E-state index contributed by atoms with van der Waals surface area (Å²) in [5, 5.41) is 40.9. The molecule has 3 aliphatic rings. The lowest BCUT2D eigenvalue weighted by Gasteiger charge is -2.49. The van der Waals surface area contributed by atoms with Gasteiger partial charge in [0.25, 0.3) is 5.91 Å². The molecule has 0 aliphatic carbocycles. The summed E-state index contributed by atoms with van der Waals surface area (Å²) in [4.78, 5) is 48.9. The molecular weight excluding hydrogens is 440 g/mol. The molecule has 12 nitrogen and oxygen atoms in total. The van der Waals surface area contributed by atoms with E-state index in [9.17, 15) is 39.6 Å². The third-order valence-electron chi connectivity index (χ3n) is 4.85. The highest BCUT2D eigenvalue weighted by atomic mass is 32.2. The van der Waals surface area contributed by atoms with Crippen LogP contribution in [0.1, 0.15) is 0 Å². The van der Waals surface area contributed by atoms with Crippen LogP contribution in [0, 0.1) is 0 Å². The molecule has 164 valence electrons. The zero-order valence-corrected chi connectivity index (χ0v) is 17.0.